The van der Waals surface area contributed by atoms with Crippen LogP contribution in [0.2, 0.25) is 5.15 Å². The summed E-state index contributed by atoms with van der Waals surface area (Å²) in [6.07, 6.45) is 6.89. The average Bonchev–Trinajstić information content (AvgIpc) is 3.37. The second-order valence-electron chi connectivity index (χ2n) is 6.42. The predicted octanol–water partition coefficient (Wildman–Crippen LogP) is 5.20. The van der Waals surface area contributed by atoms with E-state index < -0.39 is 11.6 Å². The Morgan fingerprint density at radius 1 is 0.931 bits per heavy atom. The van der Waals surface area contributed by atoms with Crippen molar-refractivity contribution in [3.05, 3.63) is 90.4 Å². The first-order valence-corrected chi connectivity index (χ1v) is 9.05. The number of nitrogens with zero attached hydrogens (tertiary/aromatic N) is 5. The topological polar surface area (TPSA) is 48.5 Å². The Bertz CT molecular complexity index is 1340. The first-order chi connectivity index (χ1) is 14.1. The van der Waals surface area contributed by atoms with Gasteiger partial charge in [0, 0.05) is 29.7 Å². The maximum Gasteiger partial charge on any atom is 0.140 e. The molecule has 5 rings (SSSR count). The smallest absolute Gasteiger partial charge is 0.140 e. The molecule has 3 aromatic heterocycles. The van der Waals surface area contributed by atoms with Gasteiger partial charge in [0.05, 0.1) is 17.4 Å². The summed E-state index contributed by atoms with van der Waals surface area (Å²) < 4.78 is 31.1. The van der Waals surface area contributed by atoms with Crippen molar-refractivity contribution in [2.45, 2.75) is 0 Å². The van der Waals surface area contributed by atoms with Crippen LogP contribution >= 0.6 is 11.6 Å². The Hall–Kier alpha value is -3.58. The number of fused-ring (bicyclic) bond motifs is 1. The van der Waals surface area contributed by atoms with Gasteiger partial charge < -0.3 is 4.57 Å². The lowest BCUT2D eigenvalue weighted by molar-refractivity contribution is 0.585. The van der Waals surface area contributed by atoms with Gasteiger partial charge in [0.1, 0.15) is 28.9 Å². The van der Waals surface area contributed by atoms with Gasteiger partial charge in [0.2, 0.25) is 0 Å². The zero-order chi connectivity index (χ0) is 20.0. The zero-order valence-electron chi connectivity index (χ0n) is 14.8. The molecule has 8 heteroatoms. The van der Waals surface area contributed by atoms with E-state index in [1.165, 1.54) is 18.2 Å². The summed E-state index contributed by atoms with van der Waals surface area (Å²) in [5, 5.41) is 0.193. The van der Waals surface area contributed by atoms with Crippen molar-refractivity contribution in [1.82, 2.24) is 24.1 Å². The van der Waals surface area contributed by atoms with E-state index in [0.29, 0.717) is 11.4 Å². The first kappa shape index (κ1) is 17.5. The second kappa shape index (κ2) is 6.79. The minimum atomic E-state index is -0.668. The predicted molar refractivity (Wildman–Crippen MR) is 106 cm³/mol. The van der Waals surface area contributed by atoms with Gasteiger partial charge in [-0.15, -0.1) is 0 Å². The molecule has 2 aromatic carbocycles. The van der Waals surface area contributed by atoms with E-state index in [-0.39, 0.29) is 10.7 Å². The summed E-state index contributed by atoms with van der Waals surface area (Å²) in [4.78, 5) is 12.8. The number of hydrogen-bond acceptors (Lipinski definition) is 3. The van der Waals surface area contributed by atoms with E-state index in [4.69, 9.17) is 11.6 Å². The fraction of sp³-hybridized carbons (Fsp3) is 0. The summed E-state index contributed by atoms with van der Waals surface area (Å²) in [6, 6.07) is 12.4. The summed E-state index contributed by atoms with van der Waals surface area (Å²) in [6.45, 7) is 0. The van der Waals surface area contributed by atoms with Gasteiger partial charge in [0.15, 0.2) is 0 Å². The van der Waals surface area contributed by atoms with E-state index >= 15 is 0 Å². The van der Waals surface area contributed by atoms with Gasteiger partial charge in [0.25, 0.3) is 0 Å². The summed E-state index contributed by atoms with van der Waals surface area (Å²) in [7, 11) is 0. The number of rotatable bonds is 3. The molecular weight excluding hydrogens is 396 g/mol. The summed E-state index contributed by atoms with van der Waals surface area (Å²) in [5.74, 6) is -0.825. The van der Waals surface area contributed by atoms with Gasteiger partial charge in [-0.25, -0.2) is 23.7 Å². The lowest BCUT2D eigenvalue weighted by atomic mass is 10.1. The van der Waals surface area contributed by atoms with Gasteiger partial charge in [-0.3, -0.25) is 4.57 Å². The molecule has 0 spiro atoms. The van der Waals surface area contributed by atoms with Crippen molar-refractivity contribution >= 4 is 22.6 Å². The van der Waals surface area contributed by atoms with Crippen LogP contribution in [-0.2, 0) is 0 Å². The third kappa shape index (κ3) is 3.15. The van der Waals surface area contributed by atoms with Crippen molar-refractivity contribution in [2.75, 3.05) is 0 Å². The normalized spacial score (nSPS) is 11.3. The zero-order valence-corrected chi connectivity index (χ0v) is 15.6. The quantitative estimate of drug-likeness (QED) is 0.386. The number of aromatic nitrogens is 5. The monoisotopic (exact) mass is 407 g/mol. The minimum Gasteiger partial charge on any atom is -0.306 e. The Kier molecular flexibility index (Phi) is 4.10. The van der Waals surface area contributed by atoms with Crippen LogP contribution in [0.25, 0.3) is 33.7 Å². The molecule has 0 aliphatic rings. The number of imidazole rings is 2. The molecule has 0 aliphatic heterocycles. The summed E-state index contributed by atoms with van der Waals surface area (Å²) in [5.41, 5.74) is 3.23. The molecule has 0 saturated carbocycles. The van der Waals surface area contributed by atoms with Crippen molar-refractivity contribution in [3.8, 4) is 22.6 Å². The Morgan fingerprint density at radius 3 is 2.62 bits per heavy atom. The van der Waals surface area contributed by atoms with Crippen molar-refractivity contribution < 1.29 is 8.78 Å². The third-order valence-corrected chi connectivity index (χ3v) is 4.80. The first-order valence-electron chi connectivity index (χ1n) is 8.67. The van der Waals surface area contributed by atoms with Crippen molar-refractivity contribution in [3.63, 3.8) is 0 Å². The molecule has 142 valence electrons. The van der Waals surface area contributed by atoms with Crippen LogP contribution in [0.1, 0.15) is 0 Å². The van der Waals surface area contributed by atoms with Gasteiger partial charge in [-0.1, -0.05) is 11.6 Å². The van der Waals surface area contributed by atoms with Crippen LogP contribution < -0.4 is 0 Å². The van der Waals surface area contributed by atoms with Crippen LogP contribution in [0.3, 0.4) is 0 Å². The maximum atomic E-state index is 14.2. The number of halogens is 3. The molecule has 0 atom stereocenters. The van der Waals surface area contributed by atoms with Crippen molar-refractivity contribution in [2.24, 2.45) is 0 Å². The van der Waals surface area contributed by atoms with Crippen molar-refractivity contribution in [1.29, 1.82) is 0 Å². The molecule has 29 heavy (non-hydrogen) atoms. The van der Waals surface area contributed by atoms with Crippen LogP contribution in [0, 0.1) is 11.6 Å². The molecule has 0 radical (unpaired) electrons. The number of benzene rings is 2. The highest BCUT2D eigenvalue weighted by Gasteiger charge is 2.13. The molecular formula is C21H12ClF2N5. The molecule has 0 unspecified atom stereocenters. The lowest BCUT2D eigenvalue weighted by Crippen LogP contribution is -1.98. The molecule has 0 fully saturated rings. The fourth-order valence-corrected chi connectivity index (χ4v) is 3.45. The van der Waals surface area contributed by atoms with E-state index in [1.807, 2.05) is 29.0 Å². The second-order valence-corrected chi connectivity index (χ2v) is 6.81. The highest BCUT2D eigenvalue weighted by Crippen LogP contribution is 2.29. The summed E-state index contributed by atoms with van der Waals surface area (Å²) >= 11 is 6.19. The molecule has 0 bridgehead atoms. The van der Waals surface area contributed by atoms with Gasteiger partial charge >= 0.3 is 0 Å². The third-order valence-electron chi connectivity index (χ3n) is 4.60. The van der Waals surface area contributed by atoms with Crippen LogP contribution in [0.5, 0.6) is 0 Å². The minimum absolute atomic E-state index is 0.193. The number of hydrogen-bond donors (Lipinski definition) is 0. The maximum absolute atomic E-state index is 14.2. The van der Waals surface area contributed by atoms with Crippen LogP contribution in [0.4, 0.5) is 8.78 Å². The fourth-order valence-electron chi connectivity index (χ4n) is 3.24. The molecule has 5 aromatic rings. The standard InChI is InChI=1S/C21H12ClF2N5/c22-20-7-13(16-3-1-14(23)9-17(16)24)8-21(27-20)29-12-26-18-10-15(2-4-19(18)29)28-6-5-25-11-28/h1-12H. The molecule has 5 nitrogen and oxygen atoms in total. The van der Waals surface area contributed by atoms with Crippen LogP contribution in [0.15, 0.2) is 73.6 Å². The Morgan fingerprint density at radius 2 is 1.83 bits per heavy atom. The Labute approximate surface area is 168 Å². The molecule has 0 saturated heterocycles. The molecule has 3 heterocycles. The average molecular weight is 408 g/mol. The van der Waals surface area contributed by atoms with Gasteiger partial charge in [-0.05, 0) is 48.0 Å². The van der Waals surface area contributed by atoms with Gasteiger partial charge in [-0.2, -0.15) is 0 Å². The van der Waals surface area contributed by atoms with Crippen LogP contribution in [-0.4, -0.2) is 24.1 Å². The highest BCUT2D eigenvalue weighted by molar-refractivity contribution is 6.29. The molecule has 0 aliphatic carbocycles. The van der Waals surface area contributed by atoms with E-state index in [1.54, 1.807) is 29.5 Å². The molecule has 0 amide bonds. The largest absolute Gasteiger partial charge is 0.306 e. The molecule has 0 N–H and O–H groups in total. The highest BCUT2D eigenvalue weighted by atomic mass is 35.5. The SMILES string of the molecule is Fc1ccc(-c2cc(Cl)nc(-n3cnc4cc(-n5ccnc5)ccc43)c2)c(F)c1. The van der Waals surface area contributed by atoms with E-state index in [2.05, 4.69) is 15.0 Å². The van der Waals surface area contributed by atoms with E-state index in [9.17, 15) is 8.78 Å². The lowest BCUT2D eigenvalue weighted by Gasteiger charge is -2.09. The Balaban J connectivity index is 1.62. The number of pyridine rings is 1. The van der Waals surface area contributed by atoms with E-state index in [0.717, 1.165) is 22.8 Å².